The predicted octanol–water partition coefficient (Wildman–Crippen LogP) is 2.35. The second-order valence-electron chi connectivity index (χ2n) is 6.06. The second kappa shape index (κ2) is 5.86. The molecule has 1 atom stereocenters. The van der Waals surface area contributed by atoms with Crippen LogP contribution in [0.4, 0.5) is 0 Å². The fraction of sp³-hybridized carbons (Fsp3) is 1.00. The molecule has 1 rings (SSSR count). The summed E-state index contributed by atoms with van der Waals surface area (Å²) < 4.78 is 0. The van der Waals surface area contributed by atoms with Gasteiger partial charge in [-0.3, -0.25) is 0 Å². The van der Waals surface area contributed by atoms with Crippen LogP contribution in [0.1, 0.15) is 40.5 Å². The molecular formula is C13H28N2. The van der Waals surface area contributed by atoms with Gasteiger partial charge < -0.3 is 10.2 Å². The molecule has 0 saturated carbocycles. The Morgan fingerprint density at radius 2 is 2.07 bits per heavy atom. The Balaban J connectivity index is 2.02. The van der Waals surface area contributed by atoms with Gasteiger partial charge in [-0.25, -0.2) is 0 Å². The molecule has 0 aromatic rings. The van der Waals surface area contributed by atoms with Crippen LogP contribution in [0, 0.1) is 11.3 Å². The highest BCUT2D eigenvalue weighted by molar-refractivity contribution is 4.76. The van der Waals surface area contributed by atoms with Gasteiger partial charge in [-0.05, 0) is 50.4 Å². The summed E-state index contributed by atoms with van der Waals surface area (Å²) in [5.74, 6) is 0.893. The van der Waals surface area contributed by atoms with Crippen molar-refractivity contribution in [3.05, 3.63) is 0 Å². The summed E-state index contributed by atoms with van der Waals surface area (Å²) in [5, 5.41) is 3.60. The van der Waals surface area contributed by atoms with Crippen LogP contribution in [-0.4, -0.2) is 37.6 Å². The van der Waals surface area contributed by atoms with Crippen molar-refractivity contribution < 1.29 is 0 Å². The molecule has 0 spiro atoms. The van der Waals surface area contributed by atoms with Gasteiger partial charge in [0.1, 0.15) is 0 Å². The maximum absolute atomic E-state index is 3.60. The average molecular weight is 212 g/mol. The van der Waals surface area contributed by atoms with Crippen molar-refractivity contribution in [2.75, 3.05) is 32.7 Å². The number of nitrogens with zero attached hydrogens (tertiary/aromatic N) is 1. The molecule has 0 aromatic carbocycles. The number of rotatable bonds is 5. The Kier molecular flexibility index (Phi) is 5.07. The van der Waals surface area contributed by atoms with Gasteiger partial charge in [-0.2, -0.15) is 0 Å². The molecule has 1 unspecified atom stereocenters. The van der Waals surface area contributed by atoms with E-state index in [1.807, 2.05) is 0 Å². The van der Waals surface area contributed by atoms with E-state index >= 15 is 0 Å². The van der Waals surface area contributed by atoms with Crippen molar-refractivity contribution >= 4 is 0 Å². The fourth-order valence-corrected chi connectivity index (χ4v) is 2.14. The third-order valence-corrected chi connectivity index (χ3v) is 3.30. The Morgan fingerprint density at radius 1 is 1.33 bits per heavy atom. The van der Waals surface area contributed by atoms with Gasteiger partial charge in [0.05, 0.1) is 0 Å². The lowest BCUT2D eigenvalue weighted by Crippen LogP contribution is -2.28. The van der Waals surface area contributed by atoms with Gasteiger partial charge in [0.25, 0.3) is 0 Å². The minimum absolute atomic E-state index is 0.470. The molecule has 1 aliphatic rings. The first-order valence-corrected chi connectivity index (χ1v) is 6.44. The molecule has 1 N–H and O–H groups in total. The van der Waals surface area contributed by atoms with E-state index in [9.17, 15) is 0 Å². The van der Waals surface area contributed by atoms with Crippen molar-refractivity contribution in [1.29, 1.82) is 0 Å². The normalized spacial score (nSPS) is 23.6. The summed E-state index contributed by atoms with van der Waals surface area (Å²) in [6.45, 7) is 15.4. The molecule has 1 fully saturated rings. The second-order valence-corrected chi connectivity index (χ2v) is 6.06. The topological polar surface area (TPSA) is 15.3 Å². The number of hydrogen-bond donors (Lipinski definition) is 1. The van der Waals surface area contributed by atoms with Gasteiger partial charge >= 0.3 is 0 Å². The molecule has 15 heavy (non-hydrogen) atoms. The van der Waals surface area contributed by atoms with Crippen molar-refractivity contribution in [1.82, 2.24) is 10.2 Å². The van der Waals surface area contributed by atoms with Crippen LogP contribution in [-0.2, 0) is 0 Å². The van der Waals surface area contributed by atoms with E-state index in [4.69, 9.17) is 0 Å². The monoisotopic (exact) mass is 212 g/mol. The predicted molar refractivity (Wildman–Crippen MR) is 67.2 cm³/mol. The van der Waals surface area contributed by atoms with E-state index in [0.29, 0.717) is 5.41 Å². The quantitative estimate of drug-likeness (QED) is 0.704. The molecule has 0 bridgehead atoms. The Morgan fingerprint density at radius 3 is 2.60 bits per heavy atom. The highest BCUT2D eigenvalue weighted by Crippen LogP contribution is 2.18. The molecule has 0 aromatic heterocycles. The van der Waals surface area contributed by atoms with E-state index in [1.54, 1.807) is 0 Å². The summed E-state index contributed by atoms with van der Waals surface area (Å²) in [7, 11) is 0. The van der Waals surface area contributed by atoms with Crippen LogP contribution in [0.15, 0.2) is 0 Å². The molecule has 0 aliphatic carbocycles. The molecule has 0 radical (unpaired) electrons. The number of likely N-dealkylation sites (tertiary alicyclic amines) is 1. The van der Waals surface area contributed by atoms with Crippen LogP contribution < -0.4 is 5.32 Å². The summed E-state index contributed by atoms with van der Waals surface area (Å²) in [6, 6.07) is 0. The molecule has 2 nitrogen and oxygen atoms in total. The van der Waals surface area contributed by atoms with Crippen LogP contribution in [0.2, 0.25) is 0 Å². The zero-order valence-corrected chi connectivity index (χ0v) is 11.0. The Bertz CT molecular complexity index is 172. The van der Waals surface area contributed by atoms with Gasteiger partial charge in [-0.1, -0.05) is 27.7 Å². The third kappa shape index (κ3) is 5.53. The lowest BCUT2D eigenvalue weighted by molar-refractivity contribution is 0.331. The molecule has 0 amide bonds. The smallest absolute Gasteiger partial charge is 0.00222 e. The highest BCUT2D eigenvalue weighted by atomic mass is 15.1. The number of nitrogens with one attached hydrogen (secondary N) is 1. The standard InChI is InChI=1S/C13H28N2/c1-5-15-9-6-12(11-15)10-14-8-7-13(2,3)4/h12,14H,5-11H2,1-4H3. The van der Waals surface area contributed by atoms with E-state index in [-0.39, 0.29) is 0 Å². The lowest BCUT2D eigenvalue weighted by atomic mass is 9.92. The van der Waals surface area contributed by atoms with Crippen molar-refractivity contribution in [2.24, 2.45) is 11.3 Å². The van der Waals surface area contributed by atoms with Crippen LogP contribution in [0.3, 0.4) is 0 Å². The molecule has 1 aliphatic heterocycles. The maximum Gasteiger partial charge on any atom is 0.00222 e. The zero-order chi connectivity index (χ0) is 11.3. The van der Waals surface area contributed by atoms with Crippen LogP contribution >= 0.6 is 0 Å². The minimum Gasteiger partial charge on any atom is -0.316 e. The molecule has 1 saturated heterocycles. The van der Waals surface area contributed by atoms with Crippen molar-refractivity contribution in [3.8, 4) is 0 Å². The minimum atomic E-state index is 0.470. The van der Waals surface area contributed by atoms with E-state index in [1.165, 1.54) is 45.6 Å². The van der Waals surface area contributed by atoms with Gasteiger partial charge in [-0.15, -0.1) is 0 Å². The summed E-state index contributed by atoms with van der Waals surface area (Å²) in [4.78, 5) is 2.55. The SMILES string of the molecule is CCN1CCC(CNCCC(C)(C)C)C1. The molecule has 90 valence electrons. The summed E-state index contributed by atoms with van der Waals surface area (Å²) in [5.41, 5.74) is 0.470. The summed E-state index contributed by atoms with van der Waals surface area (Å²) >= 11 is 0. The lowest BCUT2D eigenvalue weighted by Gasteiger charge is -2.19. The number of hydrogen-bond acceptors (Lipinski definition) is 2. The molecule has 1 heterocycles. The fourth-order valence-electron chi connectivity index (χ4n) is 2.14. The highest BCUT2D eigenvalue weighted by Gasteiger charge is 2.20. The Labute approximate surface area is 95.4 Å². The zero-order valence-electron chi connectivity index (χ0n) is 11.0. The average Bonchev–Trinajstić information content (AvgIpc) is 2.59. The van der Waals surface area contributed by atoms with Crippen LogP contribution in [0.25, 0.3) is 0 Å². The molecule has 2 heteroatoms. The van der Waals surface area contributed by atoms with Gasteiger partial charge in [0, 0.05) is 6.54 Å². The van der Waals surface area contributed by atoms with Gasteiger partial charge in [0.15, 0.2) is 0 Å². The first-order chi connectivity index (χ1) is 7.01. The summed E-state index contributed by atoms with van der Waals surface area (Å²) in [6.07, 6.45) is 2.66. The first kappa shape index (κ1) is 13.0. The van der Waals surface area contributed by atoms with E-state index in [2.05, 4.69) is 37.9 Å². The third-order valence-electron chi connectivity index (χ3n) is 3.30. The van der Waals surface area contributed by atoms with Crippen molar-refractivity contribution in [3.63, 3.8) is 0 Å². The largest absolute Gasteiger partial charge is 0.316 e. The van der Waals surface area contributed by atoms with E-state index in [0.717, 1.165) is 5.92 Å². The first-order valence-electron chi connectivity index (χ1n) is 6.44. The van der Waals surface area contributed by atoms with Crippen LogP contribution in [0.5, 0.6) is 0 Å². The Hall–Kier alpha value is -0.0800. The van der Waals surface area contributed by atoms with Crippen molar-refractivity contribution in [2.45, 2.75) is 40.5 Å². The molecular weight excluding hydrogens is 184 g/mol. The maximum atomic E-state index is 3.60. The van der Waals surface area contributed by atoms with E-state index < -0.39 is 0 Å². The van der Waals surface area contributed by atoms with Gasteiger partial charge in [0.2, 0.25) is 0 Å².